The van der Waals surface area contributed by atoms with Crippen LogP contribution in [0.25, 0.3) is 22.6 Å². The van der Waals surface area contributed by atoms with Crippen LogP contribution < -0.4 is 11.1 Å². The molecule has 0 saturated carbocycles. The molecule has 0 saturated heterocycles. The Morgan fingerprint density at radius 3 is 2.72 bits per heavy atom. The van der Waals surface area contributed by atoms with Crippen molar-refractivity contribution < 1.29 is 4.79 Å². The van der Waals surface area contributed by atoms with Crippen molar-refractivity contribution in [2.75, 3.05) is 17.6 Å². The fourth-order valence-corrected chi connectivity index (χ4v) is 3.03. The monoisotopic (exact) mass is 425 g/mol. The predicted molar refractivity (Wildman–Crippen MR) is 118 cm³/mol. The number of aromatic nitrogens is 6. The summed E-state index contributed by atoms with van der Waals surface area (Å²) in [5.41, 5.74) is 9.59. The van der Waals surface area contributed by atoms with Gasteiger partial charge in [0.2, 0.25) is 5.95 Å². The van der Waals surface area contributed by atoms with Crippen molar-refractivity contribution in [3.63, 3.8) is 0 Å². The van der Waals surface area contributed by atoms with E-state index in [2.05, 4.69) is 36.7 Å². The van der Waals surface area contributed by atoms with Gasteiger partial charge in [-0.05, 0) is 37.3 Å². The zero-order chi connectivity index (χ0) is 22.5. The number of Topliss-reactive ketones (excluding diaryl/α,β-unsaturated/α-hetero) is 1. The standard InChI is InChI=1S/C22H19N9O/c1-14(32)11-25-21-7-3-6-17(26-21)12-31-13-20(29-30-31)19-9-18(27-22(24)28-19)16-5-2-4-15(8-16)10-23/h2-9,13H,11-12H2,1H3,(H,25,26)(H2,24,27,28). The molecule has 0 aliphatic heterocycles. The van der Waals surface area contributed by atoms with Crippen molar-refractivity contribution in [2.24, 2.45) is 0 Å². The minimum absolute atomic E-state index is 0.0287. The van der Waals surface area contributed by atoms with E-state index in [4.69, 9.17) is 11.0 Å². The fraction of sp³-hybridized carbons (Fsp3) is 0.136. The molecule has 1 aromatic carbocycles. The second-order valence-electron chi connectivity index (χ2n) is 7.06. The van der Waals surface area contributed by atoms with Crippen molar-refractivity contribution in [1.82, 2.24) is 29.9 Å². The van der Waals surface area contributed by atoms with Crippen LogP contribution >= 0.6 is 0 Å². The molecule has 0 fully saturated rings. The molecule has 0 amide bonds. The molecule has 0 radical (unpaired) electrons. The molecule has 3 aromatic heterocycles. The Labute approximate surface area is 183 Å². The largest absolute Gasteiger partial charge is 0.368 e. The smallest absolute Gasteiger partial charge is 0.221 e. The number of benzene rings is 1. The Balaban J connectivity index is 1.56. The fourth-order valence-electron chi connectivity index (χ4n) is 3.03. The van der Waals surface area contributed by atoms with Gasteiger partial charge in [0.15, 0.2) is 0 Å². The number of hydrogen-bond donors (Lipinski definition) is 2. The summed E-state index contributed by atoms with van der Waals surface area (Å²) >= 11 is 0. The summed E-state index contributed by atoms with van der Waals surface area (Å²) in [5, 5.41) is 20.5. The number of anilines is 2. The predicted octanol–water partition coefficient (Wildman–Crippen LogP) is 2.30. The SMILES string of the molecule is CC(=O)CNc1cccc(Cn2cc(-c3cc(-c4cccc(C#N)c4)nc(N)n3)nn2)n1. The van der Waals surface area contributed by atoms with E-state index in [-0.39, 0.29) is 18.3 Å². The van der Waals surface area contributed by atoms with E-state index in [1.807, 2.05) is 18.2 Å². The maximum Gasteiger partial charge on any atom is 0.221 e. The summed E-state index contributed by atoms with van der Waals surface area (Å²) in [4.78, 5) is 24.2. The molecule has 3 N–H and O–H groups in total. The Morgan fingerprint density at radius 2 is 1.91 bits per heavy atom. The van der Waals surface area contributed by atoms with E-state index in [0.717, 1.165) is 11.3 Å². The van der Waals surface area contributed by atoms with Gasteiger partial charge in [-0.1, -0.05) is 23.4 Å². The summed E-state index contributed by atoms with van der Waals surface area (Å²) < 4.78 is 1.64. The first-order valence-corrected chi connectivity index (χ1v) is 9.75. The van der Waals surface area contributed by atoms with E-state index in [0.29, 0.717) is 35.0 Å². The van der Waals surface area contributed by atoms with Gasteiger partial charge in [-0.15, -0.1) is 5.10 Å². The van der Waals surface area contributed by atoms with Crippen molar-refractivity contribution >= 4 is 17.5 Å². The number of nitrogens with one attached hydrogen (secondary N) is 1. The van der Waals surface area contributed by atoms with Crippen LogP contribution in [0.1, 0.15) is 18.2 Å². The molecule has 10 heteroatoms. The first-order valence-electron chi connectivity index (χ1n) is 9.75. The van der Waals surface area contributed by atoms with E-state index in [1.54, 1.807) is 41.2 Å². The third-order valence-corrected chi connectivity index (χ3v) is 4.48. The molecule has 10 nitrogen and oxygen atoms in total. The highest BCUT2D eigenvalue weighted by Crippen LogP contribution is 2.24. The van der Waals surface area contributed by atoms with Gasteiger partial charge in [0.1, 0.15) is 17.3 Å². The second kappa shape index (κ2) is 9.01. The summed E-state index contributed by atoms with van der Waals surface area (Å²) in [6.07, 6.45) is 1.74. The normalized spacial score (nSPS) is 10.5. The molecule has 158 valence electrons. The summed E-state index contributed by atoms with van der Waals surface area (Å²) in [6.45, 7) is 2.12. The van der Waals surface area contributed by atoms with Crippen LogP contribution in [0, 0.1) is 11.3 Å². The molecule has 4 aromatic rings. The van der Waals surface area contributed by atoms with E-state index in [9.17, 15) is 4.79 Å². The second-order valence-corrected chi connectivity index (χ2v) is 7.06. The highest BCUT2D eigenvalue weighted by Gasteiger charge is 2.11. The zero-order valence-electron chi connectivity index (χ0n) is 17.2. The highest BCUT2D eigenvalue weighted by molar-refractivity contribution is 5.80. The molecule has 0 atom stereocenters. The van der Waals surface area contributed by atoms with Crippen LogP contribution in [0.2, 0.25) is 0 Å². The number of nitrogens with zero attached hydrogens (tertiary/aromatic N) is 7. The van der Waals surface area contributed by atoms with Gasteiger partial charge in [0.25, 0.3) is 0 Å². The number of nitrogen functional groups attached to an aromatic ring is 1. The maximum atomic E-state index is 11.2. The summed E-state index contributed by atoms with van der Waals surface area (Å²) in [7, 11) is 0. The molecule has 0 unspecified atom stereocenters. The quantitative estimate of drug-likeness (QED) is 0.455. The van der Waals surface area contributed by atoms with E-state index < -0.39 is 0 Å². The molecule has 0 aliphatic rings. The van der Waals surface area contributed by atoms with Gasteiger partial charge < -0.3 is 11.1 Å². The van der Waals surface area contributed by atoms with Crippen molar-refractivity contribution in [3.8, 4) is 28.7 Å². The third kappa shape index (κ3) is 4.91. The van der Waals surface area contributed by atoms with Gasteiger partial charge in [0.05, 0.1) is 48.0 Å². The van der Waals surface area contributed by atoms with Gasteiger partial charge in [-0.25, -0.2) is 19.6 Å². The number of nitriles is 1. The van der Waals surface area contributed by atoms with Crippen molar-refractivity contribution in [2.45, 2.75) is 13.5 Å². The summed E-state index contributed by atoms with van der Waals surface area (Å²) in [5.74, 6) is 0.743. The summed E-state index contributed by atoms with van der Waals surface area (Å²) in [6, 6.07) is 16.5. The number of ketones is 1. The first kappa shape index (κ1) is 20.6. The molecular weight excluding hydrogens is 406 g/mol. The Bertz CT molecular complexity index is 1320. The number of carbonyl (C=O) groups is 1. The number of pyridine rings is 1. The number of rotatable bonds is 7. The van der Waals surface area contributed by atoms with Gasteiger partial charge in [0, 0.05) is 5.56 Å². The topological polar surface area (TPSA) is 148 Å². The third-order valence-electron chi connectivity index (χ3n) is 4.48. The first-order chi connectivity index (χ1) is 15.5. The zero-order valence-corrected chi connectivity index (χ0v) is 17.2. The molecule has 0 aliphatic carbocycles. The average Bonchev–Trinajstić information content (AvgIpc) is 3.26. The van der Waals surface area contributed by atoms with Crippen LogP contribution in [0.5, 0.6) is 0 Å². The number of hydrogen-bond acceptors (Lipinski definition) is 9. The molecule has 0 bridgehead atoms. The van der Waals surface area contributed by atoms with Crippen LogP contribution in [0.15, 0.2) is 54.7 Å². The molecular formula is C22H19N9O. The minimum atomic E-state index is 0.0287. The lowest BCUT2D eigenvalue weighted by atomic mass is 10.1. The van der Waals surface area contributed by atoms with Crippen LogP contribution in [0.4, 0.5) is 11.8 Å². The number of nitrogens with two attached hydrogens (primary N) is 1. The molecule has 32 heavy (non-hydrogen) atoms. The lowest BCUT2D eigenvalue weighted by Gasteiger charge is -2.06. The van der Waals surface area contributed by atoms with Crippen molar-refractivity contribution in [1.29, 1.82) is 5.26 Å². The van der Waals surface area contributed by atoms with Gasteiger partial charge in [-0.3, -0.25) is 4.79 Å². The van der Waals surface area contributed by atoms with Gasteiger partial charge in [-0.2, -0.15) is 5.26 Å². The average molecular weight is 425 g/mol. The van der Waals surface area contributed by atoms with Crippen LogP contribution in [0.3, 0.4) is 0 Å². The van der Waals surface area contributed by atoms with Gasteiger partial charge >= 0.3 is 0 Å². The molecule has 0 spiro atoms. The van der Waals surface area contributed by atoms with Crippen molar-refractivity contribution in [3.05, 3.63) is 66.0 Å². The van der Waals surface area contributed by atoms with Crippen LogP contribution in [-0.2, 0) is 11.3 Å². The Morgan fingerprint density at radius 1 is 1.09 bits per heavy atom. The van der Waals surface area contributed by atoms with Crippen LogP contribution in [-0.4, -0.2) is 42.3 Å². The lowest BCUT2D eigenvalue weighted by Crippen LogP contribution is -2.12. The maximum absolute atomic E-state index is 11.2. The van der Waals surface area contributed by atoms with E-state index in [1.165, 1.54) is 6.92 Å². The molecule has 3 heterocycles. The van der Waals surface area contributed by atoms with E-state index >= 15 is 0 Å². The minimum Gasteiger partial charge on any atom is -0.368 e. The Kier molecular flexibility index (Phi) is 5.81. The lowest BCUT2D eigenvalue weighted by molar-refractivity contribution is -0.115. The highest BCUT2D eigenvalue weighted by atomic mass is 16.1. The molecule has 4 rings (SSSR count). The number of carbonyl (C=O) groups excluding carboxylic acids is 1. The Hall–Kier alpha value is -4.65.